The summed E-state index contributed by atoms with van der Waals surface area (Å²) in [4.78, 5) is 0. The van der Waals surface area contributed by atoms with Gasteiger partial charge in [-0.2, -0.15) is 0 Å². The van der Waals surface area contributed by atoms with E-state index in [1.807, 2.05) is 0 Å². The number of nitrogens with zero attached hydrogens (tertiary/aromatic N) is 1. The highest BCUT2D eigenvalue weighted by Gasteiger charge is 2.17. The average molecular weight is 245 g/mol. The number of nitrogens with one attached hydrogen (secondary N) is 1. The van der Waals surface area contributed by atoms with Crippen molar-refractivity contribution in [3.8, 4) is 0 Å². The second-order valence-electron chi connectivity index (χ2n) is 5.04. The van der Waals surface area contributed by atoms with E-state index in [2.05, 4.69) is 47.1 Å². The molecule has 1 aliphatic rings. The number of hydrogen-bond donors (Lipinski definition) is 1. The molecule has 0 spiro atoms. The first kappa shape index (κ1) is 13.1. The van der Waals surface area contributed by atoms with Crippen LogP contribution in [0.3, 0.4) is 0 Å². The van der Waals surface area contributed by atoms with Gasteiger partial charge in [0.2, 0.25) is 0 Å². The lowest BCUT2D eigenvalue weighted by atomic mass is 10.1. The Morgan fingerprint density at radius 3 is 2.50 bits per heavy atom. The molecule has 0 atom stereocenters. The van der Waals surface area contributed by atoms with Crippen LogP contribution in [0.4, 0.5) is 0 Å². The van der Waals surface area contributed by atoms with Crippen molar-refractivity contribution in [2.75, 3.05) is 19.6 Å². The van der Waals surface area contributed by atoms with E-state index in [0.717, 1.165) is 6.54 Å². The predicted molar refractivity (Wildman–Crippen MR) is 77.3 cm³/mol. The van der Waals surface area contributed by atoms with Crippen LogP contribution >= 0.6 is 0 Å². The molecule has 0 radical (unpaired) electrons. The maximum absolute atomic E-state index is 3.65. The van der Waals surface area contributed by atoms with Crippen molar-refractivity contribution in [3.05, 3.63) is 35.9 Å². The Hall–Kier alpha value is -1.31. The lowest BCUT2D eigenvalue weighted by molar-refractivity contribution is -0.538. The van der Waals surface area contributed by atoms with Crippen molar-refractivity contribution in [1.82, 2.24) is 5.32 Å². The molecule has 0 bridgehead atoms. The van der Waals surface area contributed by atoms with Crippen LogP contribution in [0.15, 0.2) is 30.3 Å². The van der Waals surface area contributed by atoms with Crippen LogP contribution in [-0.4, -0.2) is 30.0 Å². The summed E-state index contributed by atoms with van der Waals surface area (Å²) >= 11 is 0. The van der Waals surface area contributed by atoms with Crippen molar-refractivity contribution < 1.29 is 4.58 Å². The van der Waals surface area contributed by atoms with E-state index in [-0.39, 0.29) is 0 Å². The van der Waals surface area contributed by atoms with E-state index in [0.29, 0.717) is 0 Å². The molecule has 1 aromatic carbocycles. The average Bonchev–Trinajstić information content (AvgIpc) is 2.46. The van der Waals surface area contributed by atoms with E-state index in [9.17, 15) is 0 Å². The fourth-order valence-corrected chi connectivity index (χ4v) is 2.49. The quantitative estimate of drug-likeness (QED) is 0.489. The molecule has 2 heteroatoms. The summed E-state index contributed by atoms with van der Waals surface area (Å²) in [6.07, 6.45) is 6.52. The highest BCUT2D eigenvalue weighted by molar-refractivity contribution is 5.94. The van der Waals surface area contributed by atoms with Gasteiger partial charge in [-0.25, -0.2) is 0 Å². The number of piperidine rings is 1. The molecular formula is C16H25N2+. The highest BCUT2D eigenvalue weighted by atomic mass is 15.1. The molecule has 1 heterocycles. The maximum Gasteiger partial charge on any atom is 0.277 e. The van der Waals surface area contributed by atoms with Crippen LogP contribution in [0.25, 0.3) is 0 Å². The van der Waals surface area contributed by atoms with E-state index in [4.69, 9.17) is 0 Å². The third-order valence-electron chi connectivity index (χ3n) is 3.54. The fraction of sp³-hybridized carbons (Fsp3) is 0.562. The van der Waals surface area contributed by atoms with Gasteiger partial charge in [-0.3, -0.25) is 9.89 Å². The van der Waals surface area contributed by atoms with Crippen LogP contribution < -0.4 is 5.32 Å². The lowest BCUT2D eigenvalue weighted by Crippen LogP contribution is -2.37. The van der Waals surface area contributed by atoms with Gasteiger partial charge in [-0.05, 0) is 37.8 Å². The van der Waals surface area contributed by atoms with Crippen molar-refractivity contribution >= 4 is 5.84 Å². The third kappa shape index (κ3) is 3.59. The minimum atomic E-state index is 1.08. The van der Waals surface area contributed by atoms with Crippen LogP contribution in [0.5, 0.6) is 0 Å². The summed E-state index contributed by atoms with van der Waals surface area (Å²) in [6, 6.07) is 10.8. The molecule has 18 heavy (non-hydrogen) atoms. The zero-order valence-corrected chi connectivity index (χ0v) is 11.5. The van der Waals surface area contributed by atoms with Gasteiger partial charge < -0.3 is 0 Å². The number of rotatable bonds is 4. The molecule has 0 saturated carbocycles. The molecule has 0 unspecified atom stereocenters. The van der Waals surface area contributed by atoms with Crippen LogP contribution in [-0.2, 0) is 0 Å². The molecule has 0 amide bonds. The number of amidine groups is 1. The van der Waals surface area contributed by atoms with Gasteiger partial charge in [0.05, 0.1) is 25.2 Å². The van der Waals surface area contributed by atoms with Gasteiger partial charge in [0.15, 0.2) is 0 Å². The summed E-state index contributed by atoms with van der Waals surface area (Å²) in [5.41, 5.74) is 1.33. The smallest absolute Gasteiger partial charge is 0.274 e. The van der Waals surface area contributed by atoms with Gasteiger partial charge in [0, 0.05) is 0 Å². The van der Waals surface area contributed by atoms with Crippen molar-refractivity contribution in [2.24, 2.45) is 0 Å². The Morgan fingerprint density at radius 1 is 1.11 bits per heavy atom. The number of benzene rings is 1. The monoisotopic (exact) mass is 245 g/mol. The molecule has 1 fully saturated rings. The van der Waals surface area contributed by atoms with Gasteiger partial charge in [-0.1, -0.05) is 31.5 Å². The normalized spacial score (nSPS) is 15.5. The largest absolute Gasteiger partial charge is 0.277 e. The molecular weight excluding hydrogens is 220 g/mol. The number of unbranched alkanes of at least 4 members (excludes halogenated alkanes) is 1. The van der Waals surface area contributed by atoms with E-state index < -0.39 is 0 Å². The van der Waals surface area contributed by atoms with Crippen LogP contribution in [0.2, 0.25) is 0 Å². The topological polar surface area (TPSA) is 15.0 Å². The van der Waals surface area contributed by atoms with Gasteiger partial charge in [0.25, 0.3) is 5.84 Å². The molecule has 2 nitrogen and oxygen atoms in total. The molecule has 0 aliphatic carbocycles. The summed E-state index contributed by atoms with van der Waals surface area (Å²) in [7, 11) is 0. The zero-order chi connectivity index (χ0) is 12.6. The Balaban J connectivity index is 2.16. The first-order valence-electron chi connectivity index (χ1n) is 7.33. The Bertz CT molecular complexity index is 373. The predicted octanol–water partition coefficient (Wildman–Crippen LogP) is 3.02. The summed E-state index contributed by atoms with van der Waals surface area (Å²) in [5.74, 6) is 1.34. The SMILES string of the molecule is CCCCNC(c1ccccc1)=[N+]1CCCCC1. The molecule has 1 saturated heterocycles. The molecule has 1 aliphatic heterocycles. The first-order chi connectivity index (χ1) is 8.92. The maximum atomic E-state index is 3.65. The summed E-state index contributed by atoms with van der Waals surface area (Å²) in [5, 5.41) is 3.65. The molecule has 98 valence electrons. The van der Waals surface area contributed by atoms with E-state index in [1.54, 1.807) is 0 Å². The second kappa shape index (κ2) is 7.20. The Kier molecular flexibility index (Phi) is 5.25. The summed E-state index contributed by atoms with van der Waals surface area (Å²) < 4.78 is 2.52. The third-order valence-corrected chi connectivity index (χ3v) is 3.54. The fourth-order valence-electron chi connectivity index (χ4n) is 2.49. The van der Waals surface area contributed by atoms with E-state index in [1.165, 1.54) is 56.6 Å². The molecule has 2 rings (SSSR count). The second-order valence-corrected chi connectivity index (χ2v) is 5.04. The lowest BCUT2D eigenvalue weighted by Gasteiger charge is -2.17. The van der Waals surface area contributed by atoms with Crippen molar-refractivity contribution in [2.45, 2.75) is 39.0 Å². The minimum absolute atomic E-state index is 1.08. The van der Waals surface area contributed by atoms with E-state index >= 15 is 0 Å². The summed E-state index contributed by atoms with van der Waals surface area (Å²) in [6.45, 7) is 5.72. The molecule has 1 N–H and O–H groups in total. The number of hydrogen-bond acceptors (Lipinski definition) is 0. The molecule has 0 aromatic heterocycles. The Labute approximate surface area is 111 Å². The highest BCUT2D eigenvalue weighted by Crippen LogP contribution is 2.07. The standard InChI is InChI=1S/C16H24N2/c1-2-3-12-17-16(15-10-6-4-7-11-15)18-13-8-5-9-14-18/h4,6-7,10-11H,2-3,5,8-9,12-14H2,1H3/p+1. The zero-order valence-electron chi connectivity index (χ0n) is 11.5. The van der Waals surface area contributed by atoms with Gasteiger partial charge >= 0.3 is 0 Å². The Morgan fingerprint density at radius 2 is 1.83 bits per heavy atom. The van der Waals surface area contributed by atoms with Crippen molar-refractivity contribution in [1.29, 1.82) is 0 Å². The molecule has 1 aromatic rings. The minimum Gasteiger partial charge on any atom is -0.274 e. The van der Waals surface area contributed by atoms with Crippen LogP contribution in [0.1, 0.15) is 44.6 Å². The first-order valence-corrected chi connectivity index (χ1v) is 7.33. The van der Waals surface area contributed by atoms with Crippen molar-refractivity contribution in [3.63, 3.8) is 0 Å². The van der Waals surface area contributed by atoms with Gasteiger partial charge in [0.1, 0.15) is 0 Å². The van der Waals surface area contributed by atoms with Gasteiger partial charge in [-0.15, -0.1) is 0 Å². The van der Waals surface area contributed by atoms with Crippen LogP contribution in [0, 0.1) is 0 Å².